The third-order valence-corrected chi connectivity index (χ3v) is 3.29. The van der Waals surface area contributed by atoms with Crippen LogP contribution in [-0.2, 0) is 6.42 Å². The van der Waals surface area contributed by atoms with Gasteiger partial charge in [0.15, 0.2) is 0 Å². The Hall–Kier alpha value is -3.02. The van der Waals surface area contributed by atoms with Crippen LogP contribution in [0, 0.1) is 0 Å². The molecule has 0 unspecified atom stereocenters. The molecule has 0 spiro atoms. The fourth-order valence-corrected chi connectivity index (χ4v) is 2.17. The van der Waals surface area contributed by atoms with E-state index in [1.165, 1.54) is 0 Å². The number of hydrogen-bond donors (Lipinski definition) is 3. The lowest BCUT2D eigenvalue weighted by molar-refractivity contribution is 0.0954. The highest BCUT2D eigenvalue weighted by Crippen LogP contribution is 2.17. The van der Waals surface area contributed by atoms with Crippen molar-refractivity contribution in [2.75, 3.05) is 19.0 Å². The minimum absolute atomic E-state index is 0.175. The van der Waals surface area contributed by atoms with Gasteiger partial charge < -0.3 is 21.1 Å². The molecule has 0 saturated carbocycles. The molecule has 0 bridgehead atoms. The van der Waals surface area contributed by atoms with Gasteiger partial charge in [0.2, 0.25) is 0 Å². The van der Waals surface area contributed by atoms with Crippen LogP contribution in [-0.4, -0.2) is 25.6 Å². The highest BCUT2D eigenvalue weighted by atomic mass is 16.5. The van der Waals surface area contributed by atoms with Crippen LogP contribution in [0.3, 0.4) is 0 Å². The van der Waals surface area contributed by atoms with Gasteiger partial charge in [0.05, 0.1) is 7.11 Å². The third kappa shape index (κ3) is 4.74. The number of methoxy groups -OCH3 is 1. The summed E-state index contributed by atoms with van der Waals surface area (Å²) in [6, 6.07) is 13.6. The van der Waals surface area contributed by atoms with Crippen LogP contribution in [0.15, 0.2) is 48.5 Å². The molecule has 2 aromatic rings. The second kappa shape index (κ2) is 7.84. The van der Waals surface area contributed by atoms with E-state index >= 15 is 0 Å². The summed E-state index contributed by atoms with van der Waals surface area (Å²) in [5.41, 5.74) is 7.12. The Morgan fingerprint density at radius 3 is 2.43 bits per heavy atom. The molecule has 0 heterocycles. The summed E-state index contributed by atoms with van der Waals surface area (Å²) in [7, 11) is 1.62. The summed E-state index contributed by atoms with van der Waals surface area (Å²) in [6.45, 7) is 0.500. The standard InChI is InChI=1S/C17H19N3O3/c1-23-15-5-3-2-4-12(15)10-11-19-16(21)13-6-8-14(9-7-13)20-17(18)22/h2-9H,10-11H2,1H3,(H,19,21)(H3,18,20,22). The van der Waals surface area contributed by atoms with Crippen molar-refractivity contribution in [2.45, 2.75) is 6.42 Å². The van der Waals surface area contributed by atoms with E-state index < -0.39 is 6.03 Å². The van der Waals surface area contributed by atoms with Crippen LogP contribution in [0.25, 0.3) is 0 Å². The van der Waals surface area contributed by atoms with Crippen molar-refractivity contribution in [1.29, 1.82) is 0 Å². The van der Waals surface area contributed by atoms with E-state index in [2.05, 4.69) is 10.6 Å². The van der Waals surface area contributed by atoms with E-state index in [1.807, 2.05) is 24.3 Å². The Labute approximate surface area is 134 Å². The summed E-state index contributed by atoms with van der Waals surface area (Å²) in [5, 5.41) is 5.29. The molecule has 0 saturated heterocycles. The van der Waals surface area contributed by atoms with Crippen LogP contribution >= 0.6 is 0 Å². The van der Waals surface area contributed by atoms with Gasteiger partial charge in [0, 0.05) is 17.8 Å². The van der Waals surface area contributed by atoms with Gasteiger partial charge in [-0.3, -0.25) is 4.79 Å². The number of urea groups is 1. The topological polar surface area (TPSA) is 93.4 Å². The lowest BCUT2D eigenvalue weighted by Crippen LogP contribution is -2.25. The molecule has 2 rings (SSSR count). The van der Waals surface area contributed by atoms with E-state index in [4.69, 9.17) is 10.5 Å². The number of primary amides is 1. The fourth-order valence-electron chi connectivity index (χ4n) is 2.17. The molecule has 4 N–H and O–H groups in total. The maximum absolute atomic E-state index is 12.1. The molecule has 3 amide bonds. The number of carbonyl (C=O) groups excluding carboxylic acids is 2. The minimum atomic E-state index is -0.640. The molecule has 2 aromatic carbocycles. The third-order valence-electron chi connectivity index (χ3n) is 3.29. The maximum atomic E-state index is 12.1. The minimum Gasteiger partial charge on any atom is -0.496 e. The van der Waals surface area contributed by atoms with Crippen molar-refractivity contribution in [2.24, 2.45) is 5.73 Å². The SMILES string of the molecule is COc1ccccc1CCNC(=O)c1ccc(NC(N)=O)cc1. The second-order valence-electron chi connectivity index (χ2n) is 4.88. The summed E-state index contributed by atoms with van der Waals surface area (Å²) in [5.74, 6) is 0.633. The highest BCUT2D eigenvalue weighted by Gasteiger charge is 2.07. The molecule has 0 aliphatic carbocycles. The summed E-state index contributed by atoms with van der Waals surface area (Å²) in [6.07, 6.45) is 0.678. The quantitative estimate of drug-likeness (QED) is 0.763. The number of hydrogen-bond acceptors (Lipinski definition) is 3. The lowest BCUT2D eigenvalue weighted by atomic mass is 10.1. The monoisotopic (exact) mass is 313 g/mol. The molecule has 120 valence electrons. The number of carbonyl (C=O) groups is 2. The van der Waals surface area contributed by atoms with E-state index in [0.29, 0.717) is 24.2 Å². The van der Waals surface area contributed by atoms with E-state index in [9.17, 15) is 9.59 Å². The van der Waals surface area contributed by atoms with Crippen molar-refractivity contribution >= 4 is 17.6 Å². The predicted octanol–water partition coefficient (Wildman–Crippen LogP) is 2.16. The number of nitrogens with two attached hydrogens (primary N) is 1. The first kappa shape index (κ1) is 16.4. The van der Waals surface area contributed by atoms with Gasteiger partial charge >= 0.3 is 6.03 Å². The molecule has 23 heavy (non-hydrogen) atoms. The smallest absolute Gasteiger partial charge is 0.316 e. The first-order valence-corrected chi connectivity index (χ1v) is 7.17. The van der Waals surface area contributed by atoms with E-state index in [-0.39, 0.29) is 5.91 Å². The molecule has 0 aliphatic rings. The Morgan fingerprint density at radius 1 is 1.09 bits per heavy atom. The van der Waals surface area contributed by atoms with Crippen LogP contribution in [0.4, 0.5) is 10.5 Å². The lowest BCUT2D eigenvalue weighted by Gasteiger charge is -2.09. The van der Waals surface area contributed by atoms with E-state index in [0.717, 1.165) is 11.3 Å². The molecule has 0 aromatic heterocycles. The number of para-hydroxylation sites is 1. The first-order valence-electron chi connectivity index (χ1n) is 7.17. The van der Waals surface area contributed by atoms with Crippen molar-refractivity contribution in [3.05, 3.63) is 59.7 Å². The highest BCUT2D eigenvalue weighted by molar-refractivity contribution is 5.95. The zero-order valence-electron chi connectivity index (χ0n) is 12.8. The van der Waals surface area contributed by atoms with Crippen LogP contribution < -0.4 is 21.1 Å². The molecule has 0 atom stereocenters. The predicted molar refractivity (Wildman–Crippen MR) is 88.7 cm³/mol. The normalized spacial score (nSPS) is 9.96. The average molecular weight is 313 g/mol. The van der Waals surface area contributed by atoms with Crippen LogP contribution in [0.5, 0.6) is 5.75 Å². The molecular formula is C17H19N3O3. The molecule has 6 heteroatoms. The van der Waals surface area contributed by atoms with Crippen molar-refractivity contribution in [3.8, 4) is 5.75 Å². The molecule has 6 nitrogen and oxygen atoms in total. The zero-order valence-corrected chi connectivity index (χ0v) is 12.8. The molecular weight excluding hydrogens is 294 g/mol. The number of anilines is 1. The number of benzene rings is 2. The Balaban J connectivity index is 1.88. The fraction of sp³-hybridized carbons (Fsp3) is 0.176. The van der Waals surface area contributed by atoms with E-state index in [1.54, 1.807) is 31.4 Å². The summed E-state index contributed by atoms with van der Waals surface area (Å²) < 4.78 is 5.27. The molecule has 0 radical (unpaired) electrons. The number of rotatable bonds is 6. The van der Waals surface area contributed by atoms with Crippen molar-refractivity contribution in [3.63, 3.8) is 0 Å². The van der Waals surface area contributed by atoms with Gasteiger partial charge in [0.1, 0.15) is 5.75 Å². The van der Waals surface area contributed by atoms with Crippen LogP contribution in [0.1, 0.15) is 15.9 Å². The average Bonchev–Trinajstić information content (AvgIpc) is 2.55. The van der Waals surface area contributed by atoms with Gasteiger partial charge in [-0.05, 0) is 42.3 Å². The van der Waals surface area contributed by atoms with Gasteiger partial charge in [-0.1, -0.05) is 18.2 Å². The van der Waals surface area contributed by atoms with Crippen LogP contribution in [0.2, 0.25) is 0 Å². The van der Waals surface area contributed by atoms with Crippen molar-refractivity contribution < 1.29 is 14.3 Å². The zero-order chi connectivity index (χ0) is 16.7. The second-order valence-corrected chi connectivity index (χ2v) is 4.88. The molecule has 0 aliphatic heterocycles. The van der Waals surface area contributed by atoms with Gasteiger partial charge in [0.25, 0.3) is 5.91 Å². The largest absolute Gasteiger partial charge is 0.496 e. The first-order chi connectivity index (χ1) is 11.1. The maximum Gasteiger partial charge on any atom is 0.316 e. The van der Waals surface area contributed by atoms with Crippen molar-refractivity contribution in [1.82, 2.24) is 5.32 Å². The Kier molecular flexibility index (Phi) is 5.57. The number of ether oxygens (including phenoxy) is 1. The summed E-state index contributed by atoms with van der Waals surface area (Å²) >= 11 is 0. The summed E-state index contributed by atoms with van der Waals surface area (Å²) in [4.78, 5) is 22.8. The molecule has 0 fully saturated rings. The number of nitrogens with one attached hydrogen (secondary N) is 2. The van der Waals surface area contributed by atoms with Gasteiger partial charge in [-0.15, -0.1) is 0 Å². The van der Waals surface area contributed by atoms with Gasteiger partial charge in [-0.25, -0.2) is 4.79 Å². The number of amides is 3. The Morgan fingerprint density at radius 2 is 1.78 bits per heavy atom. The van der Waals surface area contributed by atoms with Gasteiger partial charge in [-0.2, -0.15) is 0 Å². The Bertz CT molecular complexity index is 684.